The van der Waals surface area contributed by atoms with Gasteiger partial charge in [-0.1, -0.05) is 66.0 Å². The lowest BCUT2D eigenvalue weighted by atomic mass is 9.32. The van der Waals surface area contributed by atoms with E-state index in [1.807, 2.05) is 0 Å². The van der Waals surface area contributed by atoms with Crippen LogP contribution in [0, 0.1) is 56.7 Å². The normalized spacial score (nSPS) is 41.9. The number of hydrogen-bond donors (Lipinski definition) is 4. The Hall–Kier alpha value is -1.89. The Labute approximate surface area is 284 Å². The highest BCUT2D eigenvalue weighted by Crippen LogP contribution is 2.77. The molecule has 0 aromatic rings. The fourth-order valence-electron chi connectivity index (χ4n) is 13.1. The minimum absolute atomic E-state index is 0.0206. The van der Waals surface area contributed by atoms with Crippen LogP contribution in [0.1, 0.15) is 144 Å². The molecule has 5 fully saturated rings. The van der Waals surface area contributed by atoms with E-state index in [0.29, 0.717) is 36.6 Å². The van der Waals surface area contributed by atoms with Crippen molar-refractivity contribution >= 4 is 17.8 Å². The van der Waals surface area contributed by atoms with Gasteiger partial charge < -0.3 is 20.8 Å². The second-order valence-corrected chi connectivity index (χ2v) is 18.2. The van der Waals surface area contributed by atoms with Gasteiger partial charge in [0.2, 0.25) is 11.8 Å². The number of carbonyl (C=O) groups excluding carboxylic acids is 2. The zero-order valence-corrected chi connectivity index (χ0v) is 30.5. The molecule has 5 rings (SSSR count). The number of aliphatic carboxylic acids is 1. The molecule has 7 nitrogen and oxygen atoms in total. The van der Waals surface area contributed by atoms with E-state index in [2.05, 4.69) is 58.8 Å². The lowest BCUT2D eigenvalue weighted by molar-refractivity contribution is -0.246. The van der Waals surface area contributed by atoms with Gasteiger partial charge in [-0.2, -0.15) is 0 Å². The summed E-state index contributed by atoms with van der Waals surface area (Å²) < 4.78 is 0. The Morgan fingerprint density at radius 2 is 1.47 bits per heavy atom. The second-order valence-electron chi connectivity index (χ2n) is 18.2. The van der Waals surface area contributed by atoms with Crippen LogP contribution >= 0.6 is 0 Å². The minimum atomic E-state index is -0.746. The van der Waals surface area contributed by atoms with Crippen molar-refractivity contribution < 1.29 is 24.6 Å². The lowest BCUT2D eigenvalue weighted by Crippen LogP contribution is -2.67. The number of nitrogens with one attached hydrogen (secondary N) is 2. The van der Waals surface area contributed by atoms with Gasteiger partial charge in [0.25, 0.3) is 0 Å². The molecule has 2 amide bonds. The van der Waals surface area contributed by atoms with Crippen LogP contribution in [0.25, 0.3) is 0 Å². The summed E-state index contributed by atoms with van der Waals surface area (Å²) in [4.78, 5) is 37.7. The highest BCUT2D eigenvalue weighted by Gasteiger charge is 2.71. The van der Waals surface area contributed by atoms with Gasteiger partial charge in [-0.15, -0.1) is 0 Å². The predicted molar refractivity (Wildman–Crippen MR) is 186 cm³/mol. The molecule has 5 aliphatic rings. The Morgan fingerprint density at radius 3 is 2.17 bits per heavy atom. The average Bonchev–Trinajstić information content (AvgIpc) is 3.41. The molecule has 0 heterocycles. The molecule has 0 radical (unpaired) electrons. The highest BCUT2D eigenvalue weighted by atomic mass is 16.4. The molecular weight excluding hydrogens is 588 g/mol. The molecule has 0 aliphatic heterocycles. The van der Waals surface area contributed by atoms with E-state index >= 15 is 0 Å². The summed E-state index contributed by atoms with van der Waals surface area (Å²) in [6.45, 7) is 19.6. The first-order valence-corrected chi connectivity index (χ1v) is 19.1. The lowest BCUT2D eigenvalue weighted by Gasteiger charge is -2.72. The van der Waals surface area contributed by atoms with Crippen LogP contribution in [0.3, 0.4) is 0 Å². The van der Waals surface area contributed by atoms with Gasteiger partial charge in [-0.05, 0) is 135 Å². The highest BCUT2D eigenvalue weighted by molar-refractivity contribution is 5.88. The Balaban J connectivity index is 1.26. The van der Waals surface area contributed by atoms with E-state index in [1.165, 1.54) is 24.8 Å². The van der Waals surface area contributed by atoms with Crippen LogP contribution in [-0.2, 0) is 14.4 Å². The largest absolute Gasteiger partial charge is 0.481 e. The van der Waals surface area contributed by atoms with E-state index in [4.69, 9.17) is 5.11 Å². The molecule has 5 saturated carbocycles. The first-order valence-electron chi connectivity index (χ1n) is 19.1. The number of carboxylic acids is 1. The quantitative estimate of drug-likeness (QED) is 0.127. The number of rotatable bonds is 12. The summed E-state index contributed by atoms with van der Waals surface area (Å²) >= 11 is 0. The summed E-state index contributed by atoms with van der Waals surface area (Å²) in [6.07, 6.45) is 15.0. The van der Waals surface area contributed by atoms with Gasteiger partial charge in [0.15, 0.2) is 0 Å². The number of carboxylic acid groups (broad SMARTS) is 1. The van der Waals surface area contributed by atoms with E-state index in [-0.39, 0.29) is 58.5 Å². The van der Waals surface area contributed by atoms with E-state index in [1.54, 1.807) is 0 Å². The van der Waals surface area contributed by atoms with Crippen LogP contribution in [0.5, 0.6) is 0 Å². The maximum atomic E-state index is 14.3. The molecule has 5 aliphatic carbocycles. The molecule has 0 bridgehead atoms. The van der Waals surface area contributed by atoms with Crippen molar-refractivity contribution in [3.63, 3.8) is 0 Å². The summed E-state index contributed by atoms with van der Waals surface area (Å²) in [5.74, 6) is 1.42. The SMILES string of the molecule is C=C(C)[C@@H]1CC[C@]2(C(=O)NCC(=O)NCCCCCCCC(=O)O)CC[C@]3(C)[C@H](CCC4[C@@]5(C)CC[C@H](O)C(C)(C)[C@@H]5CC[C@]43C)[C@@H]12. The molecule has 0 spiro atoms. The molecule has 7 heteroatoms. The Bertz CT molecular complexity index is 1210. The third-order valence-electron chi connectivity index (χ3n) is 15.8. The van der Waals surface area contributed by atoms with Gasteiger partial charge in [-0.3, -0.25) is 14.4 Å². The van der Waals surface area contributed by atoms with Gasteiger partial charge in [0.1, 0.15) is 0 Å². The molecule has 0 aromatic heterocycles. The van der Waals surface area contributed by atoms with Crippen molar-refractivity contribution in [2.24, 2.45) is 56.7 Å². The second kappa shape index (κ2) is 13.4. The summed E-state index contributed by atoms with van der Waals surface area (Å²) in [7, 11) is 0. The topological polar surface area (TPSA) is 116 Å². The average molecular weight is 655 g/mol. The fourth-order valence-corrected chi connectivity index (χ4v) is 13.1. The van der Waals surface area contributed by atoms with Crippen LogP contribution in [0.15, 0.2) is 12.2 Å². The zero-order chi connectivity index (χ0) is 34.4. The molecule has 47 heavy (non-hydrogen) atoms. The molecule has 10 atom stereocenters. The maximum Gasteiger partial charge on any atom is 0.303 e. The first-order chi connectivity index (χ1) is 22.0. The molecule has 1 unspecified atom stereocenters. The van der Waals surface area contributed by atoms with Crippen LogP contribution < -0.4 is 10.6 Å². The van der Waals surface area contributed by atoms with Crippen LogP contribution in [-0.4, -0.2) is 47.2 Å². The zero-order valence-electron chi connectivity index (χ0n) is 30.5. The number of unbranched alkanes of at least 4 members (excludes halogenated alkanes) is 4. The van der Waals surface area contributed by atoms with Gasteiger partial charge in [0, 0.05) is 13.0 Å². The Kier molecular flexibility index (Phi) is 10.4. The number of fused-ring (bicyclic) bond motifs is 7. The van der Waals surface area contributed by atoms with Gasteiger partial charge in [-0.25, -0.2) is 0 Å². The van der Waals surface area contributed by atoms with Crippen LogP contribution in [0.2, 0.25) is 0 Å². The number of hydrogen-bond acceptors (Lipinski definition) is 4. The molecule has 4 N–H and O–H groups in total. The van der Waals surface area contributed by atoms with Crippen molar-refractivity contribution in [1.29, 1.82) is 0 Å². The molecular formula is C40H66N2O5. The third-order valence-corrected chi connectivity index (χ3v) is 15.8. The van der Waals surface area contributed by atoms with Crippen molar-refractivity contribution in [2.45, 2.75) is 150 Å². The predicted octanol–water partition coefficient (Wildman–Crippen LogP) is 7.66. The number of amides is 2. The summed E-state index contributed by atoms with van der Waals surface area (Å²) in [5, 5.41) is 25.9. The molecule has 0 saturated heterocycles. The van der Waals surface area contributed by atoms with E-state index < -0.39 is 11.4 Å². The standard InChI is InChI=1S/C40H66N2O5/c1-26(2)27-16-21-40(35(47)42-25-32(44)41-24-12-10-8-9-11-13-33(45)46)23-22-38(6)28(34(27)40)14-15-30-37(5)19-18-31(43)36(3,4)29(37)17-20-39(30,38)7/h27-31,34,43H,1,8-25H2,2-7H3,(H,41,44)(H,42,47)(H,45,46)/t27-,28+,29-,30?,31-,34+,37-,38+,39+,40-/m0/s1. The van der Waals surface area contributed by atoms with Gasteiger partial charge >= 0.3 is 5.97 Å². The van der Waals surface area contributed by atoms with E-state index in [9.17, 15) is 19.5 Å². The monoisotopic (exact) mass is 654 g/mol. The smallest absolute Gasteiger partial charge is 0.303 e. The number of aliphatic hydroxyl groups excluding tert-OH is 1. The van der Waals surface area contributed by atoms with Crippen molar-refractivity contribution in [3.8, 4) is 0 Å². The number of carbonyl (C=O) groups is 3. The minimum Gasteiger partial charge on any atom is -0.481 e. The van der Waals surface area contributed by atoms with Crippen molar-refractivity contribution in [1.82, 2.24) is 10.6 Å². The van der Waals surface area contributed by atoms with E-state index in [0.717, 1.165) is 70.6 Å². The van der Waals surface area contributed by atoms with Gasteiger partial charge in [0.05, 0.1) is 18.1 Å². The van der Waals surface area contributed by atoms with Crippen molar-refractivity contribution in [2.75, 3.05) is 13.1 Å². The number of aliphatic hydroxyl groups is 1. The molecule has 266 valence electrons. The third kappa shape index (κ3) is 6.11. The van der Waals surface area contributed by atoms with Crippen LogP contribution in [0.4, 0.5) is 0 Å². The maximum absolute atomic E-state index is 14.3. The molecule has 0 aromatic carbocycles. The first kappa shape index (κ1) is 36.4. The van der Waals surface area contributed by atoms with Crippen molar-refractivity contribution in [3.05, 3.63) is 12.2 Å². The number of allylic oxidation sites excluding steroid dienone is 1. The summed E-state index contributed by atoms with van der Waals surface area (Å²) in [6, 6.07) is 0. The fraction of sp³-hybridized carbons (Fsp3) is 0.875. The Morgan fingerprint density at radius 1 is 0.766 bits per heavy atom. The summed E-state index contributed by atoms with van der Waals surface area (Å²) in [5.41, 5.74) is 1.28.